The highest BCUT2D eigenvalue weighted by Crippen LogP contribution is 2.30. The first-order chi connectivity index (χ1) is 7.50. The van der Waals surface area contributed by atoms with Crippen molar-refractivity contribution in [3.8, 4) is 11.3 Å². The molecule has 0 aliphatic rings. The summed E-state index contributed by atoms with van der Waals surface area (Å²) in [5.41, 5.74) is 3.15. The van der Waals surface area contributed by atoms with Gasteiger partial charge < -0.3 is 0 Å². The zero-order chi connectivity index (χ0) is 11.8. The SMILES string of the molecule is Cn1ncc(-c2cnccn2)c1C(C)(C)C. The molecule has 2 aromatic heterocycles. The van der Waals surface area contributed by atoms with Crippen LogP contribution in [0, 0.1) is 0 Å². The van der Waals surface area contributed by atoms with Crippen molar-refractivity contribution in [1.29, 1.82) is 0 Å². The van der Waals surface area contributed by atoms with Gasteiger partial charge in [0.15, 0.2) is 0 Å². The molecule has 0 saturated heterocycles. The first-order valence-electron chi connectivity index (χ1n) is 5.29. The van der Waals surface area contributed by atoms with Crippen LogP contribution in [0.15, 0.2) is 24.8 Å². The van der Waals surface area contributed by atoms with Crippen molar-refractivity contribution in [2.24, 2.45) is 7.05 Å². The minimum absolute atomic E-state index is 0.0398. The molecule has 84 valence electrons. The van der Waals surface area contributed by atoms with E-state index in [9.17, 15) is 0 Å². The summed E-state index contributed by atoms with van der Waals surface area (Å²) in [6.07, 6.45) is 7.00. The maximum absolute atomic E-state index is 4.32. The predicted octanol–water partition coefficient (Wildman–Crippen LogP) is 2.17. The second-order valence-electron chi connectivity index (χ2n) is 4.87. The van der Waals surface area contributed by atoms with E-state index in [1.54, 1.807) is 18.6 Å². The minimum Gasteiger partial charge on any atom is -0.271 e. The molecule has 0 bridgehead atoms. The zero-order valence-corrected chi connectivity index (χ0v) is 10.1. The number of hydrogen-bond acceptors (Lipinski definition) is 3. The molecule has 2 rings (SSSR count). The summed E-state index contributed by atoms with van der Waals surface area (Å²) in [6, 6.07) is 0. The van der Waals surface area contributed by atoms with Crippen molar-refractivity contribution in [3.63, 3.8) is 0 Å². The Morgan fingerprint density at radius 2 is 1.88 bits per heavy atom. The standard InChI is InChI=1S/C12H16N4/c1-12(2,3)11-9(7-15-16(11)4)10-8-13-5-6-14-10/h5-8H,1-4H3. The molecule has 4 nitrogen and oxygen atoms in total. The largest absolute Gasteiger partial charge is 0.271 e. The molecule has 0 unspecified atom stereocenters. The Morgan fingerprint density at radius 1 is 1.12 bits per heavy atom. The fourth-order valence-electron chi connectivity index (χ4n) is 1.95. The van der Waals surface area contributed by atoms with Gasteiger partial charge in [-0.3, -0.25) is 14.6 Å². The average Bonchev–Trinajstić information content (AvgIpc) is 2.61. The number of aryl methyl sites for hydroxylation is 1. The van der Waals surface area contributed by atoms with Crippen LogP contribution in [-0.4, -0.2) is 19.7 Å². The van der Waals surface area contributed by atoms with E-state index in [-0.39, 0.29) is 5.41 Å². The molecule has 16 heavy (non-hydrogen) atoms. The fraction of sp³-hybridized carbons (Fsp3) is 0.417. The molecule has 0 saturated carbocycles. The molecule has 4 heteroatoms. The van der Waals surface area contributed by atoms with E-state index in [0.29, 0.717) is 0 Å². The monoisotopic (exact) mass is 216 g/mol. The van der Waals surface area contributed by atoms with Gasteiger partial charge >= 0.3 is 0 Å². The van der Waals surface area contributed by atoms with E-state index in [2.05, 4.69) is 35.8 Å². The molecule has 2 heterocycles. The molecular weight excluding hydrogens is 200 g/mol. The van der Waals surface area contributed by atoms with Crippen LogP contribution in [0.5, 0.6) is 0 Å². The summed E-state index contributed by atoms with van der Waals surface area (Å²) in [4.78, 5) is 8.41. The molecule has 0 aromatic carbocycles. The third-order valence-corrected chi connectivity index (χ3v) is 2.49. The maximum atomic E-state index is 4.32. The smallest absolute Gasteiger partial charge is 0.0919 e. The van der Waals surface area contributed by atoms with Crippen LogP contribution in [0.3, 0.4) is 0 Å². The van der Waals surface area contributed by atoms with Crippen molar-refractivity contribution in [2.45, 2.75) is 26.2 Å². The molecule has 0 amide bonds. The Balaban J connectivity index is 2.60. The Bertz CT molecular complexity index is 479. The normalized spacial score (nSPS) is 11.8. The van der Waals surface area contributed by atoms with Gasteiger partial charge in [-0.25, -0.2) is 0 Å². The van der Waals surface area contributed by atoms with Gasteiger partial charge in [0.25, 0.3) is 0 Å². The molecule has 2 aromatic rings. The van der Waals surface area contributed by atoms with Gasteiger partial charge in [-0.1, -0.05) is 20.8 Å². The van der Waals surface area contributed by atoms with Crippen molar-refractivity contribution >= 4 is 0 Å². The van der Waals surface area contributed by atoms with Crippen molar-refractivity contribution < 1.29 is 0 Å². The van der Waals surface area contributed by atoms with Crippen LogP contribution in [-0.2, 0) is 12.5 Å². The molecular formula is C12H16N4. The van der Waals surface area contributed by atoms with E-state index in [0.717, 1.165) is 11.3 Å². The Hall–Kier alpha value is -1.71. The third-order valence-electron chi connectivity index (χ3n) is 2.49. The lowest BCUT2D eigenvalue weighted by molar-refractivity contribution is 0.524. The van der Waals surface area contributed by atoms with Gasteiger partial charge in [-0.15, -0.1) is 0 Å². The summed E-state index contributed by atoms with van der Waals surface area (Å²) in [5, 5.41) is 4.31. The lowest BCUT2D eigenvalue weighted by Gasteiger charge is -2.20. The summed E-state index contributed by atoms with van der Waals surface area (Å²) in [7, 11) is 1.96. The van der Waals surface area contributed by atoms with E-state index in [4.69, 9.17) is 0 Å². The molecule has 0 radical (unpaired) electrons. The molecule has 0 aliphatic heterocycles. The molecule has 0 spiro atoms. The Labute approximate surface area is 95.4 Å². The lowest BCUT2D eigenvalue weighted by atomic mass is 9.88. The van der Waals surface area contributed by atoms with E-state index in [1.807, 2.05) is 17.9 Å². The first-order valence-corrected chi connectivity index (χ1v) is 5.29. The maximum Gasteiger partial charge on any atom is 0.0919 e. The Morgan fingerprint density at radius 3 is 2.44 bits per heavy atom. The van der Waals surface area contributed by atoms with Crippen LogP contribution in [0.2, 0.25) is 0 Å². The topological polar surface area (TPSA) is 43.6 Å². The first kappa shape index (κ1) is 10.8. The average molecular weight is 216 g/mol. The van der Waals surface area contributed by atoms with E-state index >= 15 is 0 Å². The van der Waals surface area contributed by atoms with Crippen molar-refractivity contribution in [1.82, 2.24) is 19.7 Å². The van der Waals surface area contributed by atoms with Gasteiger partial charge in [0.1, 0.15) is 0 Å². The van der Waals surface area contributed by atoms with Gasteiger partial charge in [-0.2, -0.15) is 5.10 Å². The highest BCUT2D eigenvalue weighted by Gasteiger charge is 2.23. The summed E-state index contributed by atoms with van der Waals surface area (Å²) in [5.74, 6) is 0. The quantitative estimate of drug-likeness (QED) is 0.733. The fourth-order valence-corrected chi connectivity index (χ4v) is 1.95. The van der Waals surface area contributed by atoms with Gasteiger partial charge in [0.2, 0.25) is 0 Å². The van der Waals surface area contributed by atoms with Crippen LogP contribution in [0.1, 0.15) is 26.5 Å². The summed E-state index contributed by atoms with van der Waals surface area (Å²) >= 11 is 0. The van der Waals surface area contributed by atoms with Crippen molar-refractivity contribution in [2.75, 3.05) is 0 Å². The third kappa shape index (κ3) is 1.83. The molecule has 0 N–H and O–H groups in total. The minimum atomic E-state index is 0.0398. The number of nitrogens with zero attached hydrogens (tertiary/aromatic N) is 4. The highest BCUT2D eigenvalue weighted by molar-refractivity contribution is 5.61. The summed E-state index contributed by atoms with van der Waals surface area (Å²) in [6.45, 7) is 6.51. The number of hydrogen-bond donors (Lipinski definition) is 0. The van der Waals surface area contributed by atoms with E-state index in [1.165, 1.54) is 5.69 Å². The second kappa shape index (κ2) is 3.70. The highest BCUT2D eigenvalue weighted by atomic mass is 15.3. The van der Waals surface area contributed by atoms with E-state index < -0.39 is 0 Å². The van der Waals surface area contributed by atoms with Gasteiger partial charge in [-0.05, 0) is 0 Å². The van der Waals surface area contributed by atoms with Crippen LogP contribution >= 0.6 is 0 Å². The molecule has 0 aliphatic carbocycles. The Kier molecular flexibility index (Phi) is 2.50. The molecule has 0 fully saturated rings. The van der Waals surface area contributed by atoms with Crippen LogP contribution in [0.4, 0.5) is 0 Å². The van der Waals surface area contributed by atoms with Gasteiger partial charge in [0.05, 0.1) is 23.8 Å². The number of rotatable bonds is 1. The van der Waals surface area contributed by atoms with Crippen LogP contribution < -0.4 is 0 Å². The van der Waals surface area contributed by atoms with Gasteiger partial charge in [0, 0.05) is 30.4 Å². The number of aromatic nitrogens is 4. The summed E-state index contributed by atoms with van der Waals surface area (Å²) < 4.78 is 1.91. The lowest BCUT2D eigenvalue weighted by Crippen LogP contribution is -2.17. The van der Waals surface area contributed by atoms with Crippen LogP contribution in [0.25, 0.3) is 11.3 Å². The molecule has 0 atom stereocenters. The van der Waals surface area contributed by atoms with Crippen molar-refractivity contribution in [3.05, 3.63) is 30.5 Å². The predicted molar refractivity (Wildman–Crippen MR) is 62.9 cm³/mol. The second-order valence-corrected chi connectivity index (χ2v) is 4.87. The zero-order valence-electron chi connectivity index (χ0n) is 10.1.